The van der Waals surface area contributed by atoms with Gasteiger partial charge in [0.25, 0.3) is 0 Å². The molecule has 2 aromatic rings. The number of benzene rings is 1. The van der Waals surface area contributed by atoms with Crippen LogP contribution >= 0.6 is 11.3 Å². The molecule has 112 valence electrons. The molecule has 5 heteroatoms. The van der Waals surface area contributed by atoms with Crippen LogP contribution in [0.15, 0.2) is 41.4 Å². The minimum absolute atomic E-state index is 0.421. The van der Waals surface area contributed by atoms with Crippen LogP contribution in [0.3, 0.4) is 0 Å². The zero-order valence-electron chi connectivity index (χ0n) is 12.4. The van der Waals surface area contributed by atoms with Gasteiger partial charge >= 0.3 is 0 Å². The summed E-state index contributed by atoms with van der Waals surface area (Å²) < 4.78 is 5.18. The maximum Gasteiger partial charge on any atom is 0.193 e. The van der Waals surface area contributed by atoms with Crippen molar-refractivity contribution >= 4 is 23.0 Å². The fourth-order valence-electron chi connectivity index (χ4n) is 1.96. The van der Waals surface area contributed by atoms with E-state index in [1.165, 1.54) is 9.75 Å². The maximum absolute atomic E-state index is 5.96. The quantitative estimate of drug-likeness (QED) is 0.635. The van der Waals surface area contributed by atoms with Crippen molar-refractivity contribution in [2.45, 2.75) is 26.5 Å². The van der Waals surface area contributed by atoms with E-state index in [-0.39, 0.29) is 0 Å². The van der Waals surface area contributed by atoms with Gasteiger partial charge in [0.1, 0.15) is 0 Å². The summed E-state index contributed by atoms with van der Waals surface area (Å²) in [5, 5.41) is 3.14. The van der Waals surface area contributed by atoms with E-state index in [0.29, 0.717) is 19.1 Å². The van der Waals surface area contributed by atoms with E-state index >= 15 is 0 Å². The Morgan fingerprint density at radius 3 is 2.71 bits per heavy atom. The second-order valence-electron chi connectivity index (χ2n) is 4.64. The molecule has 0 atom stereocenters. The van der Waals surface area contributed by atoms with Crippen LogP contribution < -0.4 is 11.1 Å². The summed E-state index contributed by atoms with van der Waals surface area (Å²) >= 11 is 1.78. The van der Waals surface area contributed by atoms with Gasteiger partial charge in [0.15, 0.2) is 5.96 Å². The van der Waals surface area contributed by atoms with Crippen molar-refractivity contribution in [3.63, 3.8) is 0 Å². The maximum atomic E-state index is 5.96. The second-order valence-corrected chi connectivity index (χ2v) is 5.89. The molecule has 0 amide bonds. The highest BCUT2D eigenvalue weighted by Gasteiger charge is 2.03. The van der Waals surface area contributed by atoms with Crippen LogP contribution in [0.2, 0.25) is 0 Å². The lowest BCUT2D eigenvalue weighted by atomic mass is 10.2. The van der Waals surface area contributed by atoms with Gasteiger partial charge in [-0.1, -0.05) is 25.1 Å². The van der Waals surface area contributed by atoms with Crippen molar-refractivity contribution in [1.82, 2.24) is 0 Å². The number of aryl methyl sites for hydroxylation is 1. The lowest BCUT2D eigenvalue weighted by Gasteiger charge is -2.10. The first kappa shape index (κ1) is 15.5. The predicted octanol–water partition coefficient (Wildman–Crippen LogP) is 3.38. The van der Waals surface area contributed by atoms with Crippen molar-refractivity contribution in [1.29, 1.82) is 0 Å². The molecule has 1 aromatic heterocycles. The number of para-hydroxylation sites is 1. The number of thiophene rings is 1. The first-order valence-corrected chi connectivity index (χ1v) is 7.76. The Hall–Kier alpha value is -1.85. The number of aliphatic imine (C=N–C) groups is 1. The van der Waals surface area contributed by atoms with Gasteiger partial charge < -0.3 is 15.8 Å². The third kappa shape index (κ3) is 4.58. The van der Waals surface area contributed by atoms with Gasteiger partial charge in [-0.2, -0.15) is 0 Å². The van der Waals surface area contributed by atoms with Gasteiger partial charge in [0, 0.05) is 28.1 Å². The molecule has 4 nitrogen and oxygen atoms in total. The predicted molar refractivity (Wildman–Crippen MR) is 89.8 cm³/mol. The number of anilines is 1. The molecule has 1 heterocycles. The van der Waals surface area contributed by atoms with E-state index in [9.17, 15) is 0 Å². The van der Waals surface area contributed by atoms with Crippen LogP contribution in [-0.2, 0) is 24.3 Å². The van der Waals surface area contributed by atoms with Crippen LogP contribution in [0.4, 0.5) is 5.69 Å². The number of nitrogens with two attached hydrogens (primary N) is 1. The topological polar surface area (TPSA) is 59.6 Å². The van der Waals surface area contributed by atoms with Crippen molar-refractivity contribution in [3.05, 3.63) is 51.7 Å². The minimum atomic E-state index is 0.421. The molecule has 1 aromatic carbocycles. The SMILES string of the molecule is CCc1ccc(CN=C(N)Nc2ccccc2COC)s1. The summed E-state index contributed by atoms with van der Waals surface area (Å²) in [6.45, 7) is 3.30. The molecule has 0 aliphatic rings. The minimum Gasteiger partial charge on any atom is -0.380 e. The van der Waals surface area contributed by atoms with Crippen LogP contribution in [0.25, 0.3) is 0 Å². The first-order valence-electron chi connectivity index (χ1n) is 6.94. The monoisotopic (exact) mass is 303 g/mol. The summed E-state index contributed by atoms with van der Waals surface area (Å²) in [5.41, 5.74) is 7.95. The molecule has 21 heavy (non-hydrogen) atoms. The molecular weight excluding hydrogens is 282 g/mol. The number of hydrogen-bond acceptors (Lipinski definition) is 3. The third-order valence-electron chi connectivity index (χ3n) is 3.05. The van der Waals surface area contributed by atoms with Crippen molar-refractivity contribution in [2.24, 2.45) is 10.7 Å². The molecule has 0 fully saturated rings. The molecular formula is C16H21N3OS. The van der Waals surface area contributed by atoms with Gasteiger partial charge in [-0.05, 0) is 24.6 Å². The highest BCUT2D eigenvalue weighted by Crippen LogP contribution is 2.18. The lowest BCUT2D eigenvalue weighted by molar-refractivity contribution is 0.185. The molecule has 0 bridgehead atoms. The molecule has 2 rings (SSSR count). The Bertz CT molecular complexity index is 607. The van der Waals surface area contributed by atoms with E-state index < -0.39 is 0 Å². The van der Waals surface area contributed by atoms with E-state index in [0.717, 1.165) is 17.7 Å². The van der Waals surface area contributed by atoms with Gasteiger partial charge in [0.2, 0.25) is 0 Å². The normalized spacial score (nSPS) is 11.6. The van der Waals surface area contributed by atoms with Gasteiger partial charge in [-0.25, -0.2) is 4.99 Å². The number of nitrogens with one attached hydrogen (secondary N) is 1. The highest BCUT2D eigenvalue weighted by atomic mass is 32.1. The standard InChI is InChI=1S/C16H21N3OS/c1-3-13-8-9-14(21-13)10-18-16(17)19-15-7-5-4-6-12(15)11-20-2/h4-9H,3,10-11H2,1-2H3,(H3,17,18,19). The van der Waals surface area contributed by atoms with Crippen LogP contribution in [-0.4, -0.2) is 13.1 Å². The fraction of sp³-hybridized carbons (Fsp3) is 0.312. The molecule has 0 spiro atoms. The molecule has 0 saturated heterocycles. The summed E-state index contributed by atoms with van der Waals surface area (Å²) in [5.74, 6) is 0.421. The Kier molecular flexibility index (Phi) is 5.78. The van der Waals surface area contributed by atoms with Crippen molar-refractivity contribution in [2.75, 3.05) is 12.4 Å². The third-order valence-corrected chi connectivity index (χ3v) is 4.27. The summed E-state index contributed by atoms with van der Waals surface area (Å²) in [4.78, 5) is 6.99. The summed E-state index contributed by atoms with van der Waals surface area (Å²) in [7, 11) is 1.68. The lowest BCUT2D eigenvalue weighted by Crippen LogP contribution is -2.23. The van der Waals surface area contributed by atoms with E-state index in [1.54, 1.807) is 18.4 Å². The number of ether oxygens (including phenoxy) is 1. The smallest absolute Gasteiger partial charge is 0.193 e. The van der Waals surface area contributed by atoms with E-state index in [1.807, 2.05) is 24.3 Å². The molecule has 0 unspecified atom stereocenters. The van der Waals surface area contributed by atoms with Gasteiger partial charge in [-0.15, -0.1) is 11.3 Å². The zero-order valence-corrected chi connectivity index (χ0v) is 13.2. The van der Waals surface area contributed by atoms with Crippen LogP contribution in [0, 0.1) is 0 Å². The number of guanidine groups is 1. The van der Waals surface area contributed by atoms with Gasteiger partial charge in [-0.3, -0.25) is 0 Å². The molecule has 0 aliphatic carbocycles. The highest BCUT2D eigenvalue weighted by molar-refractivity contribution is 7.11. The average Bonchev–Trinajstić information content (AvgIpc) is 2.95. The van der Waals surface area contributed by atoms with Gasteiger partial charge in [0.05, 0.1) is 13.2 Å². The van der Waals surface area contributed by atoms with Crippen LogP contribution in [0.1, 0.15) is 22.2 Å². The number of methoxy groups -OCH3 is 1. The van der Waals surface area contributed by atoms with E-state index in [2.05, 4.69) is 29.4 Å². The Labute approximate surface area is 129 Å². The van der Waals surface area contributed by atoms with Crippen molar-refractivity contribution < 1.29 is 4.74 Å². The van der Waals surface area contributed by atoms with Crippen molar-refractivity contribution in [3.8, 4) is 0 Å². The number of nitrogens with zero attached hydrogens (tertiary/aromatic N) is 1. The molecule has 0 saturated carbocycles. The Morgan fingerprint density at radius 2 is 2.00 bits per heavy atom. The number of hydrogen-bond donors (Lipinski definition) is 2. The Balaban J connectivity index is 2.00. The number of rotatable bonds is 6. The summed E-state index contributed by atoms with van der Waals surface area (Å²) in [6, 6.07) is 12.2. The molecule has 3 N–H and O–H groups in total. The largest absolute Gasteiger partial charge is 0.380 e. The van der Waals surface area contributed by atoms with Crippen LogP contribution in [0.5, 0.6) is 0 Å². The first-order chi connectivity index (χ1) is 10.2. The molecule has 0 radical (unpaired) electrons. The van der Waals surface area contributed by atoms with E-state index in [4.69, 9.17) is 10.5 Å². The molecule has 0 aliphatic heterocycles. The zero-order chi connectivity index (χ0) is 15.1. The second kappa shape index (κ2) is 7.81. The Morgan fingerprint density at radius 1 is 1.24 bits per heavy atom. The fourth-order valence-corrected chi connectivity index (χ4v) is 2.84. The summed E-state index contributed by atoms with van der Waals surface area (Å²) in [6.07, 6.45) is 1.06. The average molecular weight is 303 g/mol.